The van der Waals surface area contributed by atoms with E-state index in [0.717, 1.165) is 24.5 Å². The van der Waals surface area contributed by atoms with E-state index < -0.39 is 17.8 Å². The van der Waals surface area contributed by atoms with Crippen LogP contribution in [0.4, 0.5) is 23.7 Å². The predicted molar refractivity (Wildman–Crippen MR) is 82.0 cm³/mol. The fraction of sp³-hybridized carbons (Fsp3) is 0.588. The number of urea groups is 1. The molecule has 0 aromatic heterocycles. The Hall–Kier alpha value is -1.72. The summed E-state index contributed by atoms with van der Waals surface area (Å²) in [6.07, 6.45) is 0.521. The molecule has 0 spiro atoms. The third-order valence-corrected chi connectivity index (χ3v) is 5.24. The zero-order valence-electron chi connectivity index (χ0n) is 13.0. The van der Waals surface area contributed by atoms with Crippen molar-refractivity contribution in [3.63, 3.8) is 0 Å². The first-order valence-corrected chi connectivity index (χ1v) is 8.07. The zero-order chi connectivity index (χ0) is 16.6. The van der Waals surface area contributed by atoms with Crippen LogP contribution < -0.4 is 10.6 Å². The molecule has 1 aromatic rings. The Morgan fingerprint density at radius 3 is 2.65 bits per heavy atom. The minimum absolute atomic E-state index is 0.0381. The number of hydrogen-bond acceptors (Lipinski definition) is 1. The topological polar surface area (TPSA) is 41.1 Å². The second kappa shape index (κ2) is 6.06. The van der Waals surface area contributed by atoms with E-state index >= 15 is 0 Å². The zero-order valence-corrected chi connectivity index (χ0v) is 13.0. The summed E-state index contributed by atoms with van der Waals surface area (Å²) < 4.78 is 38.0. The number of fused-ring (bicyclic) bond motifs is 2. The number of carbonyl (C=O) groups excluding carboxylic acids is 1. The molecule has 2 bridgehead atoms. The molecule has 23 heavy (non-hydrogen) atoms. The lowest BCUT2D eigenvalue weighted by atomic mass is 9.84. The molecule has 0 saturated heterocycles. The molecule has 2 N–H and O–H groups in total. The van der Waals surface area contributed by atoms with Crippen molar-refractivity contribution in [3.8, 4) is 0 Å². The van der Waals surface area contributed by atoms with Gasteiger partial charge in [-0.3, -0.25) is 0 Å². The number of alkyl halides is 3. The molecule has 126 valence electrons. The van der Waals surface area contributed by atoms with Gasteiger partial charge in [-0.1, -0.05) is 12.5 Å². The summed E-state index contributed by atoms with van der Waals surface area (Å²) in [6.45, 7) is 1.98. The highest BCUT2D eigenvalue weighted by Crippen LogP contribution is 2.49. The number of benzene rings is 1. The monoisotopic (exact) mass is 326 g/mol. The van der Waals surface area contributed by atoms with Crippen LogP contribution >= 0.6 is 0 Å². The molecular weight excluding hydrogens is 305 g/mol. The van der Waals surface area contributed by atoms with Crippen LogP contribution in [-0.2, 0) is 6.18 Å². The maximum Gasteiger partial charge on any atom is 0.416 e. The lowest BCUT2D eigenvalue weighted by Gasteiger charge is -2.28. The molecule has 3 rings (SSSR count). The summed E-state index contributed by atoms with van der Waals surface area (Å²) >= 11 is 0. The number of nitrogens with one attached hydrogen (secondary N) is 2. The van der Waals surface area contributed by atoms with E-state index in [1.807, 2.05) is 6.92 Å². The van der Waals surface area contributed by atoms with Crippen LogP contribution in [0.2, 0.25) is 0 Å². The van der Waals surface area contributed by atoms with E-state index in [-0.39, 0.29) is 11.7 Å². The molecular formula is C17H21F3N2O. The molecule has 2 saturated carbocycles. The quantitative estimate of drug-likeness (QED) is 0.834. The number of carbonyl (C=O) groups is 1. The summed E-state index contributed by atoms with van der Waals surface area (Å²) in [4.78, 5) is 12.0. The van der Waals surface area contributed by atoms with Gasteiger partial charge in [0.05, 0.1) is 5.56 Å². The van der Waals surface area contributed by atoms with Gasteiger partial charge >= 0.3 is 12.2 Å². The molecule has 0 heterocycles. The molecule has 0 radical (unpaired) electrons. The normalized spacial score (nSPS) is 27.7. The van der Waals surface area contributed by atoms with Crippen LogP contribution in [0.5, 0.6) is 0 Å². The second-order valence-corrected chi connectivity index (χ2v) is 6.80. The summed E-state index contributed by atoms with van der Waals surface area (Å²) in [5.41, 5.74) is -0.617. The Labute approximate surface area is 133 Å². The third-order valence-electron chi connectivity index (χ3n) is 5.24. The van der Waals surface area contributed by atoms with Crippen molar-refractivity contribution >= 4 is 11.7 Å². The summed E-state index contributed by atoms with van der Waals surface area (Å²) in [7, 11) is 0. The predicted octanol–water partition coefficient (Wildman–Crippen LogP) is 4.65. The van der Waals surface area contributed by atoms with E-state index in [1.165, 1.54) is 31.4 Å². The fourth-order valence-corrected chi connectivity index (χ4v) is 4.16. The van der Waals surface area contributed by atoms with E-state index in [0.29, 0.717) is 11.8 Å². The van der Waals surface area contributed by atoms with Gasteiger partial charge in [-0.2, -0.15) is 13.2 Å². The van der Waals surface area contributed by atoms with E-state index in [9.17, 15) is 18.0 Å². The first-order valence-electron chi connectivity index (χ1n) is 8.07. The first-order chi connectivity index (χ1) is 10.8. The van der Waals surface area contributed by atoms with Crippen molar-refractivity contribution in [2.75, 3.05) is 5.32 Å². The van der Waals surface area contributed by atoms with Crippen molar-refractivity contribution in [2.24, 2.45) is 17.8 Å². The van der Waals surface area contributed by atoms with E-state index in [4.69, 9.17) is 0 Å². The number of rotatable bonds is 3. The minimum atomic E-state index is -4.41. The van der Waals surface area contributed by atoms with Gasteiger partial charge in [0.15, 0.2) is 0 Å². The molecule has 1 aromatic carbocycles. The van der Waals surface area contributed by atoms with Crippen LogP contribution in [0.15, 0.2) is 24.3 Å². The second-order valence-electron chi connectivity index (χ2n) is 6.80. The summed E-state index contributed by atoms with van der Waals surface area (Å²) in [5, 5.41) is 5.38. The largest absolute Gasteiger partial charge is 0.416 e. The molecule has 2 amide bonds. The van der Waals surface area contributed by atoms with E-state index in [1.54, 1.807) is 0 Å². The Balaban J connectivity index is 1.57. The standard InChI is InChI=1S/C17H21F3N2O/c1-10(15-8-11-5-6-12(15)7-11)21-16(23)22-14-4-2-3-13(9-14)17(18,19)20/h2-4,9-12,15H,5-8H2,1H3,(H2,21,22,23)/t10-,11+,12+,15-/m1/s1. The average Bonchev–Trinajstić information content (AvgIpc) is 3.09. The van der Waals surface area contributed by atoms with Crippen LogP contribution in [0, 0.1) is 17.8 Å². The highest BCUT2D eigenvalue weighted by atomic mass is 19.4. The van der Waals surface area contributed by atoms with Crippen molar-refractivity contribution < 1.29 is 18.0 Å². The van der Waals surface area contributed by atoms with E-state index in [2.05, 4.69) is 10.6 Å². The first kappa shape index (κ1) is 16.1. The number of amides is 2. The molecule has 2 fully saturated rings. The van der Waals surface area contributed by atoms with Crippen molar-refractivity contribution in [3.05, 3.63) is 29.8 Å². The van der Waals surface area contributed by atoms with Crippen molar-refractivity contribution in [2.45, 2.75) is 44.8 Å². The van der Waals surface area contributed by atoms with Crippen molar-refractivity contribution in [1.29, 1.82) is 0 Å². The Morgan fingerprint density at radius 1 is 1.26 bits per heavy atom. The summed E-state index contributed by atoms with van der Waals surface area (Å²) in [5.74, 6) is 1.96. The fourth-order valence-electron chi connectivity index (χ4n) is 4.16. The highest BCUT2D eigenvalue weighted by molar-refractivity contribution is 5.89. The molecule has 0 unspecified atom stereocenters. The van der Waals surface area contributed by atoms with Gasteiger partial charge in [0, 0.05) is 11.7 Å². The number of hydrogen-bond donors (Lipinski definition) is 2. The van der Waals surface area contributed by atoms with Gasteiger partial charge in [-0.05, 0) is 62.1 Å². The van der Waals surface area contributed by atoms with Gasteiger partial charge in [0.25, 0.3) is 0 Å². The maximum atomic E-state index is 12.7. The molecule has 4 atom stereocenters. The number of anilines is 1. The molecule has 6 heteroatoms. The Morgan fingerprint density at radius 2 is 2.04 bits per heavy atom. The smallest absolute Gasteiger partial charge is 0.335 e. The Bertz CT molecular complexity index is 587. The number of halogens is 3. The molecule has 3 nitrogen and oxygen atoms in total. The van der Waals surface area contributed by atoms with Crippen LogP contribution in [0.1, 0.15) is 38.2 Å². The van der Waals surface area contributed by atoms with Crippen molar-refractivity contribution in [1.82, 2.24) is 5.32 Å². The average molecular weight is 326 g/mol. The van der Waals surface area contributed by atoms with Gasteiger partial charge < -0.3 is 10.6 Å². The molecule has 2 aliphatic carbocycles. The SMILES string of the molecule is C[C@@H](NC(=O)Nc1cccc(C(F)(F)F)c1)[C@H]1C[C@H]2CC[C@H]1C2. The highest BCUT2D eigenvalue weighted by Gasteiger charge is 2.42. The molecule has 0 aliphatic heterocycles. The summed E-state index contributed by atoms with van der Waals surface area (Å²) in [6, 6.07) is 4.27. The Kier molecular flexibility index (Phi) is 4.25. The van der Waals surface area contributed by atoms with Crippen LogP contribution in [-0.4, -0.2) is 12.1 Å². The van der Waals surface area contributed by atoms with Gasteiger partial charge in [0.1, 0.15) is 0 Å². The minimum Gasteiger partial charge on any atom is -0.335 e. The lowest BCUT2D eigenvalue weighted by Crippen LogP contribution is -2.42. The third kappa shape index (κ3) is 3.62. The molecule has 2 aliphatic rings. The van der Waals surface area contributed by atoms with Gasteiger partial charge in [0.2, 0.25) is 0 Å². The van der Waals surface area contributed by atoms with Crippen LogP contribution in [0.3, 0.4) is 0 Å². The lowest BCUT2D eigenvalue weighted by molar-refractivity contribution is -0.137. The maximum absolute atomic E-state index is 12.7. The van der Waals surface area contributed by atoms with Crippen LogP contribution in [0.25, 0.3) is 0 Å². The van der Waals surface area contributed by atoms with Gasteiger partial charge in [-0.15, -0.1) is 0 Å². The van der Waals surface area contributed by atoms with Gasteiger partial charge in [-0.25, -0.2) is 4.79 Å².